The second kappa shape index (κ2) is 5.46. The number of nitrogens with zero attached hydrogens (tertiary/aromatic N) is 3. The second-order valence-corrected chi connectivity index (χ2v) is 6.24. The van der Waals surface area contributed by atoms with Gasteiger partial charge in [-0.15, -0.1) is 0 Å². The number of fused-ring (bicyclic) bond motifs is 6. The van der Waals surface area contributed by atoms with Crippen molar-refractivity contribution in [3.8, 4) is 0 Å². The molecule has 5 rings (SSSR count). The lowest BCUT2D eigenvalue weighted by atomic mass is 9.97. The monoisotopic (exact) mass is 339 g/mol. The average molecular weight is 339 g/mol. The van der Waals surface area contributed by atoms with Crippen molar-refractivity contribution in [1.82, 2.24) is 9.97 Å². The molecule has 0 aliphatic carbocycles. The van der Waals surface area contributed by atoms with Crippen molar-refractivity contribution in [3.05, 3.63) is 77.6 Å². The van der Waals surface area contributed by atoms with E-state index in [2.05, 4.69) is 16.0 Å². The number of rotatable bonds is 2. The van der Waals surface area contributed by atoms with E-state index in [9.17, 15) is 4.79 Å². The smallest absolute Gasteiger partial charge is 0.335 e. The Hall–Kier alpha value is -3.60. The Morgan fingerprint density at radius 1 is 0.885 bits per heavy atom. The van der Waals surface area contributed by atoms with E-state index >= 15 is 0 Å². The van der Waals surface area contributed by atoms with Gasteiger partial charge in [-0.25, -0.2) is 4.79 Å². The van der Waals surface area contributed by atoms with Crippen LogP contribution in [-0.2, 0) is 6.42 Å². The van der Waals surface area contributed by atoms with Crippen LogP contribution in [0.25, 0.3) is 21.8 Å². The minimum Gasteiger partial charge on any atom is -0.478 e. The SMILES string of the molecule is O=C(O)c1ccc(C2=Nc3c(c4cccnc4c4ncccc34)C2)cc1. The zero-order chi connectivity index (χ0) is 17.7. The number of carboxylic acids is 1. The minimum atomic E-state index is -0.928. The van der Waals surface area contributed by atoms with Gasteiger partial charge >= 0.3 is 5.97 Å². The number of pyridine rings is 2. The van der Waals surface area contributed by atoms with Crippen LogP contribution in [0.2, 0.25) is 0 Å². The summed E-state index contributed by atoms with van der Waals surface area (Å²) in [6, 6.07) is 14.8. The molecule has 26 heavy (non-hydrogen) atoms. The van der Waals surface area contributed by atoms with Crippen molar-refractivity contribution < 1.29 is 9.90 Å². The van der Waals surface area contributed by atoms with E-state index in [4.69, 9.17) is 10.1 Å². The molecule has 3 heterocycles. The summed E-state index contributed by atoms with van der Waals surface area (Å²) in [6.07, 6.45) is 4.24. The number of hydrogen-bond donors (Lipinski definition) is 1. The van der Waals surface area contributed by atoms with Gasteiger partial charge in [-0.05, 0) is 41.5 Å². The number of aromatic nitrogens is 2. The molecular formula is C21H13N3O2. The van der Waals surface area contributed by atoms with Gasteiger partial charge in [0.05, 0.1) is 28.0 Å². The van der Waals surface area contributed by atoms with Crippen LogP contribution in [0.4, 0.5) is 5.69 Å². The van der Waals surface area contributed by atoms with Crippen molar-refractivity contribution in [2.45, 2.75) is 6.42 Å². The van der Waals surface area contributed by atoms with Crippen LogP contribution in [0.3, 0.4) is 0 Å². The lowest BCUT2D eigenvalue weighted by Crippen LogP contribution is -2.02. The standard InChI is InChI=1S/C21H13N3O2/c25-21(26)13-7-5-12(6-8-13)17-11-16-14-3-1-9-22-19(14)20-15(18(16)24-17)4-2-10-23-20/h1-10H,11H2,(H,25,26). The minimum absolute atomic E-state index is 0.272. The summed E-state index contributed by atoms with van der Waals surface area (Å²) in [5.74, 6) is -0.928. The maximum atomic E-state index is 11.1. The molecule has 5 heteroatoms. The molecule has 124 valence electrons. The van der Waals surface area contributed by atoms with Gasteiger partial charge in [-0.2, -0.15) is 0 Å². The zero-order valence-electron chi connectivity index (χ0n) is 13.7. The lowest BCUT2D eigenvalue weighted by Gasteiger charge is -2.08. The van der Waals surface area contributed by atoms with Gasteiger partial charge in [0.2, 0.25) is 0 Å². The molecule has 0 saturated carbocycles. The largest absolute Gasteiger partial charge is 0.478 e. The van der Waals surface area contributed by atoms with Gasteiger partial charge in [0.15, 0.2) is 0 Å². The van der Waals surface area contributed by atoms with E-state index in [1.807, 2.05) is 30.3 Å². The molecular weight excluding hydrogens is 326 g/mol. The van der Waals surface area contributed by atoms with Crippen LogP contribution in [0.5, 0.6) is 0 Å². The Labute approximate surface area is 148 Å². The van der Waals surface area contributed by atoms with E-state index in [0.717, 1.165) is 44.3 Å². The van der Waals surface area contributed by atoms with E-state index in [1.54, 1.807) is 24.5 Å². The third kappa shape index (κ3) is 2.10. The molecule has 5 nitrogen and oxygen atoms in total. The number of carboxylic acid groups (broad SMARTS) is 1. The van der Waals surface area contributed by atoms with Crippen LogP contribution in [0, 0.1) is 0 Å². The van der Waals surface area contributed by atoms with Crippen LogP contribution in [0.15, 0.2) is 65.9 Å². The maximum absolute atomic E-state index is 11.1. The first-order valence-corrected chi connectivity index (χ1v) is 8.28. The fraction of sp³-hybridized carbons (Fsp3) is 0.0476. The first kappa shape index (κ1) is 14.7. The number of aliphatic imine (C=N–C) groups is 1. The van der Waals surface area contributed by atoms with Crippen molar-refractivity contribution in [2.75, 3.05) is 0 Å². The Bertz CT molecular complexity index is 1230. The molecule has 0 spiro atoms. The first-order chi connectivity index (χ1) is 12.7. The molecule has 0 fully saturated rings. The molecule has 0 amide bonds. The van der Waals surface area contributed by atoms with E-state index in [1.165, 1.54) is 0 Å². The van der Waals surface area contributed by atoms with Crippen LogP contribution < -0.4 is 0 Å². The number of aromatic carboxylic acids is 1. The van der Waals surface area contributed by atoms with Crippen LogP contribution >= 0.6 is 0 Å². The molecule has 0 radical (unpaired) electrons. The summed E-state index contributed by atoms with van der Waals surface area (Å²) in [5, 5.41) is 11.1. The Kier molecular flexibility index (Phi) is 3.09. The zero-order valence-corrected chi connectivity index (χ0v) is 13.7. The van der Waals surface area contributed by atoms with Crippen LogP contribution in [0.1, 0.15) is 21.5 Å². The Morgan fingerprint density at radius 2 is 1.54 bits per heavy atom. The Morgan fingerprint density at radius 3 is 2.23 bits per heavy atom. The van der Waals surface area contributed by atoms with Gasteiger partial charge in [-0.3, -0.25) is 15.0 Å². The molecule has 2 aromatic carbocycles. The highest BCUT2D eigenvalue weighted by Crippen LogP contribution is 2.40. The molecule has 0 bridgehead atoms. The number of benzene rings is 2. The molecule has 0 saturated heterocycles. The highest BCUT2D eigenvalue weighted by atomic mass is 16.4. The quantitative estimate of drug-likeness (QED) is 0.557. The highest BCUT2D eigenvalue weighted by Gasteiger charge is 2.23. The summed E-state index contributed by atoms with van der Waals surface area (Å²) < 4.78 is 0. The molecule has 1 N–H and O–H groups in total. The lowest BCUT2D eigenvalue weighted by molar-refractivity contribution is 0.0697. The van der Waals surface area contributed by atoms with Crippen LogP contribution in [-0.4, -0.2) is 26.8 Å². The maximum Gasteiger partial charge on any atom is 0.335 e. The van der Waals surface area contributed by atoms with Gasteiger partial charge < -0.3 is 5.11 Å². The van der Waals surface area contributed by atoms with Gasteiger partial charge in [-0.1, -0.05) is 18.2 Å². The third-order valence-corrected chi connectivity index (χ3v) is 4.76. The van der Waals surface area contributed by atoms with E-state index < -0.39 is 5.97 Å². The molecule has 0 unspecified atom stereocenters. The number of hydrogen-bond acceptors (Lipinski definition) is 4. The van der Waals surface area contributed by atoms with Crippen molar-refractivity contribution in [2.24, 2.45) is 4.99 Å². The topological polar surface area (TPSA) is 75.4 Å². The summed E-state index contributed by atoms with van der Waals surface area (Å²) in [7, 11) is 0. The Balaban J connectivity index is 1.72. The third-order valence-electron chi connectivity index (χ3n) is 4.76. The summed E-state index contributed by atoms with van der Waals surface area (Å²) in [5.41, 5.74) is 5.96. The van der Waals surface area contributed by atoms with Crippen molar-refractivity contribution in [3.63, 3.8) is 0 Å². The molecule has 2 aromatic heterocycles. The number of carbonyl (C=O) groups is 1. The normalized spacial score (nSPS) is 13.0. The first-order valence-electron chi connectivity index (χ1n) is 8.28. The summed E-state index contributed by atoms with van der Waals surface area (Å²) in [4.78, 5) is 25.0. The fourth-order valence-corrected chi connectivity index (χ4v) is 3.53. The molecule has 0 atom stereocenters. The predicted molar refractivity (Wildman–Crippen MR) is 100 cm³/mol. The molecule has 1 aliphatic rings. The van der Waals surface area contributed by atoms with Gasteiger partial charge in [0.1, 0.15) is 0 Å². The second-order valence-electron chi connectivity index (χ2n) is 6.24. The fourth-order valence-electron chi connectivity index (χ4n) is 3.53. The predicted octanol–water partition coefficient (Wildman–Crippen LogP) is 4.16. The van der Waals surface area contributed by atoms with Crippen molar-refractivity contribution in [1.29, 1.82) is 0 Å². The molecule has 1 aliphatic heterocycles. The highest BCUT2D eigenvalue weighted by molar-refractivity contribution is 6.18. The van der Waals surface area contributed by atoms with E-state index in [0.29, 0.717) is 6.42 Å². The molecule has 4 aromatic rings. The van der Waals surface area contributed by atoms with Gasteiger partial charge in [0, 0.05) is 29.6 Å². The van der Waals surface area contributed by atoms with E-state index in [-0.39, 0.29) is 5.56 Å². The van der Waals surface area contributed by atoms with Gasteiger partial charge in [0.25, 0.3) is 0 Å². The van der Waals surface area contributed by atoms with Crippen molar-refractivity contribution >= 4 is 39.2 Å². The average Bonchev–Trinajstić information content (AvgIpc) is 3.14. The summed E-state index contributed by atoms with van der Waals surface area (Å²) >= 11 is 0. The summed E-state index contributed by atoms with van der Waals surface area (Å²) in [6.45, 7) is 0.